The van der Waals surface area contributed by atoms with Crippen molar-refractivity contribution in [2.45, 2.75) is 0 Å². The van der Waals surface area contributed by atoms with E-state index in [4.69, 9.17) is 4.74 Å². The van der Waals surface area contributed by atoms with E-state index in [-0.39, 0.29) is 22.6 Å². The molecule has 0 bridgehead atoms. The lowest BCUT2D eigenvalue weighted by Gasteiger charge is -2.13. The number of carboxylic acids is 1. The monoisotopic (exact) mass is 413 g/mol. The molecule has 0 saturated carbocycles. The third-order valence-electron chi connectivity index (χ3n) is 4.77. The van der Waals surface area contributed by atoms with E-state index in [1.807, 2.05) is 0 Å². The summed E-state index contributed by atoms with van der Waals surface area (Å²) < 4.78 is 6.44. The molecule has 154 valence electrons. The molecule has 0 aliphatic carbocycles. The van der Waals surface area contributed by atoms with Gasteiger partial charge in [0.2, 0.25) is 0 Å². The maximum Gasteiger partial charge on any atom is 0.335 e. The Hall–Kier alpha value is -4.39. The first-order chi connectivity index (χ1) is 15.0. The number of hydrogen-bond donors (Lipinski definition) is 1. The highest BCUT2D eigenvalue weighted by atomic mass is 16.5. The van der Waals surface area contributed by atoms with Gasteiger partial charge in [-0.15, -0.1) is 0 Å². The summed E-state index contributed by atoms with van der Waals surface area (Å²) in [5.41, 5.74) is 1.33. The molecule has 1 N–H and O–H groups in total. The lowest BCUT2D eigenvalue weighted by Crippen LogP contribution is -2.22. The minimum absolute atomic E-state index is 0.0586. The number of nitrogens with zero attached hydrogens (tertiary/aromatic N) is 2. The maximum absolute atomic E-state index is 13.3. The zero-order valence-electron chi connectivity index (χ0n) is 16.5. The highest BCUT2D eigenvalue weighted by Gasteiger charge is 2.13. The molecule has 0 aliphatic heterocycles. The van der Waals surface area contributed by atoms with Crippen LogP contribution in [0.15, 0.2) is 71.5 Å². The molecule has 3 aromatic carbocycles. The van der Waals surface area contributed by atoms with Crippen molar-refractivity contribution >= 4 is 29.0 Å². The Bertz CT molecular complexity index is 1390. The minimum atomic E-state index is -1.09. The molecule has 7 nitrogen and oxygen atoms in total. The highest BCUT2D eigenvalue weighted by Crippen LogP contribution is 2.25. The summed E-state index contributed by atoms with van der Waals surface area (Å²) in [7, 11) is 1.42. The number of methoxy groups -OCH3 is 1. The van der Waals surface area contributed by atoms with E-state index in [2.05, 4.69) is 4.98 Å². The van der Waals surface area contributed by atoms with Crippen LogP contribution in [0.25, 0.3) is 28.7 Å². The van der Waals surface area contributed by atoms with E-state index >= 15 is 0 Å². The van der Waals surface area contributed by atoms with Crippen LogP contribution in [0.4, 0.5) is 0 Å². The predicted octanol–water partition coefficient (Wildman–Crippen LogP) is 3.34. The summed E-state index contributed by atoms with van der Waals surface area (Å²) in [6, 6.07) is 17.7. The average molecular weight is 413 g/mol. The van der Waals surface area contributed by atoms with Crippen molar-refractivity contribution in [1.29, 1.82) is 0 Å². The van der Waals surface area contributed by atoms with Crippen molar-refractivity contribution in [3.8, 4) is 17.2 Å². The van der Waals surface area contributed by atoms with Crippen molar-refractivity contribution in [2.24, 2.45) is 0 Å². The fourth-order valence-electron chi connectivity index (χ4n) is 3.25. The Kier molecular flexibility index (Phi) is 5.24. The molecular weight excluding hydrogens is 396 g/mol. The van der Waals surface area contributed by atoms with Crippen LogP contribution < -0.4 is 15.4 Å². The van der Waals surface area contributed by atoms with Crippen LogP contribution in [0, 0.1) is 0 Å². The maximum atomic E-state index is 13.3. The summed E-state index contributed by atoms with van der Waals surface area (Å²) in [6.45, 7) is 0. The van der Waals surface area contributed by atoms with Crippen LogP contribution in [0.1, 0.15) is 21.7 Å². The minimum Gasteiger partial charge on any atom is -0.870 e. The second-order valence-electron chi connectivity index (χ2n) is 6.73. The number of aromatic carboxylic acids is 1. The molecule has 0 amide bonds. The Morgan fingerprint density at radius 3 is 2.65 bits per heavy atom. The van der Waals surface area contributed by atoms with E-state index in [9.17, 15) is 19.8 Å². The van der Waals surface area contributed by atoms with E-state index < -0.39 is 5.97 Å². The smallest absolute Gasteiger partial charge is 0.335 e. The highest BCUT2D eigenvalue weighted by molar-refractivity contribution is 5.88. The molecule has 0 aliphatic rings. The van der Waals surface area contributed by atoms with Crippen LogP contribution in [0.5, 0.6) is 11.5 Å². The van der Waals surface area contributed by atoms with Crippen molar-refractivity contribution in [3.05, 3.63) is 94.0 Å². The first-order valence-corrected chi connectivity index (χ1v) is 9.36. The lowest BCUT2D eigenvalue weighted by atomic mass is 10.1. The summed E-state index contributed by atoms with van der Waals surface area (Å²) >= 11 is 0. The predicted molar refractivity (Wildman–Crippen MR) is 116 cm³/mol. The molecular formula is C24H17N2O5-. The SMILES string of the molecule is COc1cc(/C=C/c2nc3ccccc3c(=O)n2-c2cccc(C(=O)O)c2)ccc1[O-]. The number of fused-ring (bicyclic) bond motifs is 1. The molecule has 0 radical (unpaired) electrons. The molecule has 0 spiro atoms. The van der Waals surface area contributed by atoms with Crippen molar-refractivity contribution in [1.82, 2.24) is 9.55 Å². The van der Waals surface area contributed by atoms with Crippen molar-refractivity contribution in [3.63, 3.8) is 0 Å². The number of carbonyl (C=O) groups is 1. The van der Waals surface area contributed by atoms with Crippen LogP contribution in [-0.2, 0) is 0 Å². The topological polar surface area (TPSA) is 104 Å². The Balaban J connectivity index is 1.92. The zero-order chi connectivity index (χ0) is 22.0. The van der Waals surface area contributed by atoms with Gasteiger partial charge in [0.1, 0.15) is 11.6 Å². The third kappa shape index (κ3) is 3.89. The number of para-hydroxylation sites is 1. The molecule has 4 aromatic rings. The molecule has 31 heavy (non-hydrogen) atoms. The Morgan fingerprint density at radius 1 is 1.06 bits per heavy atom. The van der Waals surface area contributed by atoms with Gasteiger partial charge in [-0.25, -0.2) is 9.78 Å². The van der Waals surface area contributed by atoms with Gasteiger partial charge in [0, 0.05) is 0 Å². The van der Waals surface area contributed by atoms with Crippen LogP contribution in [-0.4, -0.2) is 27.7 Å². The van der Waals surface area contributed by atoms with E-state index in [0.29, 0.717) is 28.0 Å². The van der Waals surface area contributed by atoms with E-state index in [0.717, 1.165) is 0 Å². The van der Waals surface area contributed by atoms with Gasteiger partial charge in [0.15, 0.2) is 0 Å². The second kappa shape index (κ2) is 8.16. The largest absolute Gasteiger partial charge is 0.870 e. The molecule has 7 heteroatoms. The van der Waals surface area contributed by atoms with Crippen molar-refractivity contribution in [2.75, 3.05) is 7.11 Å². The van der Waals surface area contributed by atoms with Crippen LogP contribution >= 0.6 is 0 Å². The summed E-state index contributed by atoms with van der Waals surface area (Å²) in [4.78, 5) is 29.3. The van der Waals surface area contributed by atoms with E-state index in [1.54, 1.807) is 60.7 Å². The fourth-order valence-corrected chi connectivity index (χ4v) is 3.25. The molecule has 0 unspecified atom stereocenters. The number of rotatable bonds is 5. The summed E-state index contributed by atoms with van der Waals surface area (Å²) in [6.07, 6.45) is 3.34. The number of hydrogen-bond acceptors (Lipinski definition) is 5. The number of benzene rings is 3. The van der Waals surface area contributed by atoms with Gasteiger partial charge in [-0.1, -0.05) is 42.2 Å². The molecule has 0 atom stereocenters. The van der Waals surface area contributed by atoms with Gasteiger partial charge >= 0.3 is 5.97 Å². The van der Waals surface area contributed by atoms with Gasteiger partial charge in [-0.05, 0) is 48.0 Å². The normalized spacial score (nSPS) is 11.1. The zero-order valence-corrected chi connectivity index (χ0v) is 16.5. The Morgan fingerprint density at radius 2 is 1.87 bits per heavy atom. The Labute approximate surface area is 177 Å². The van der Waals surface area contributed by atoms with Gasteiger partial charge in [-0.3, -0.25) is 9.36 Å². The number of carboxylic acid groups (broad SMARTS) is 1. The third-order valence-corrected chi connectivity index (χ3v) is 4.77. The lowest BCUT2D eigenvalue weighted by molar-refractivity contribution is -0.270. The molecule has 0 fully saturated rings. The van der Waals surface area contributed by atoms with Crippen molar-refractivity contribution < 1.29 is 19.7 Å². The fraction of sp³-hybridized carbons (Fsp3) is 0.0417. The number of aromatic nitrogens is 2. The van der Waals surface area contributed by atoms with Crippen LogP contribution in [0.3, 0.4) is 0 Å². The molecule has 1 heterocycles. The summed E-state index contributed by atoms with van der Waals surface area (Å²) in [5.74, 6) is -0.798. The average Bonchev–Trinajstić information content (AvgIpc) is 2.78. The first-order valence-electron chi connectivity index (χ1n) is 9.36. The molecule has 4 rings (SSSR count). The van der Waals surface area contributed by atoms with Crippen LogP contribution in [0.2, 0.25) is 0 Å². The van der Waals surface area contributed by atoms with Gasteiger partial charge < -0.3 is 14.9 Å². The second-order valence-corrected chi connectivity index (χ2v) is 6.73. The van der Waals surface area contributed by atoms with Gasteiger partial charge in [0.25, 0.3) is 5.56 Å². The standard InChI is InChI=1S/C24H18N2O5/c1-31-21-13-15(9-11-20(21)27)10-12-22-25-19-8-3-2-7-18(19)23(28)26(22)17-6-4-5-16(14-17)24(29)30/h2-14,27H,1H3,(H,29,30)/p-1/b12-10+. The first kappa shape index (κ1) is 19.9. The number of ether oxygens (including phenoxy) is 1. The molecule has 0 saturated heterocycles. The summed E-state index contributed by atoms with van der Waals surface area (Å²) in [5, 5.41) is 21.5. The van der Waals surface area contributed by atoms with E-state index in [1.165, 1.54) is 29.9 Å². The van der Waals surface area contributed by atoms with Gasteiger partial charge in [0.05, 0.1) is 29.3 Å². The quantitative estimate of drug-likeness (QED) is 0.538. The molecule has 1 aromatic heterocycles. The van der Waals surface area contributed by atoms with Gasteiger partial charge in [-0.2, -0.15) is 0 Å².